The maximum atomic E-state index is 13.5. The molecule has 5 nitrogen and oxygen atoms in total. The Kier molecular flexibility index (Phi) is 4.72. The highest BCUT2D eigenvalue weighted by Gasteiger charge is 2.12. The Morgan fingerprint density at radius 1 is 1.12 bits per heavy atom. The van der Waals surface area contributed by atoms with E-state index >= 15 is 0 Å². The number of carbonyl (C=O) groups is 2. The van der Waals surface area contributed by atoms with Crippen molar-refractivity contribution in [3.8, 4) is 10.6 Å². The zero-order valence-electron chi connectivity index (χ0n) is 12.4. The minimum Gasteiger partial charge on any atom is -0.345 e. The number of benzene rings is 2. The van der Waals surface area contributed by atoms with Gasteiger partial charge in [0.15, 0.2) is 0 Å². The lowest BCUT2D eigenvalue weighted by Gasteiger charge is -2.03. The monoisotopic (exact) mass is 341 g/mol. The number of nitrogens with zero attached hydrogens (tertiary/aromatic N) is 2. The van der Waals surface area contributed by atoms with Crippen molar-refractivity contribution in [1.82, 2.24) is 15.5 Å². The van der Waals surface area contributed by atoms with E-state index in [0.717, 1.165) is 11.8 Å². The summed E-state index contributed by atoms with van der Waals surface area (Å²) in [6, 6.07) is 12.7. The molecule has 1 heterocycles. The highest BCUT2D eigenvalue weighted by molar-refractivity contribution is 7.14. The number of halogens is 1. The summed E-state index contributed by atoms with van der Waals surface area (Å²) >= 11 is 1.32. The van der Waals surface area contributed by atoms with Crippen molar-refractivity contribution in [1.29, 1.82) is 0 Å². The lowest BCUT2D eigenvalue weighted by Crippen LogP contribution is -2.23. The third-order valence-electron chi connectivity index (χ3n) is 3.28. The van der Waals surface area contributed by atoms with Crippen LogP contribution in [0.5, 0.6) is 0 Å². The van der Waals surface area contributed by atoms with Crippen molar-refractivity contribution in [2.75, 3.05) is 0 Å². The minimum absolute atomic E-state index is 0.00769. The fourth-order valence-corrected chi connectivity index (χ4v) is 2.83. The van der Waals surface area contributed by atoms with Crippen molar-refractivity contribution < 1.29 is 14.0 Å². The Balaban J connectivity index is 1.67. The van der Waals surface area contributed by atoms with Gasteiger partial charge in [-0.2, -0.15) is 0 Å². The van der Waals surface area contributed by atoms with Gasteiger partial charge in [0.2, 0.25) is 0 Å². The maximum absolute atomic E-state index is 13.5. The van der Waals surface area contributed by atoms with E-state index in [-0.39, 0.29) is 12.1 Å². The fourth-order valence-electron chi connectivity index (χ4n) is 2.04. The van der Waals surface area contributed by atoms with Gasteiger partial charge in [0, 0.05) is 11.1 Å². The van der Waals surface area contributed by atoms with E-state index in [9.17, 15) is 14.0 Å². The molecule has 0 radical (unpaired) electrons. The molecule has 7 heteroatoms. The number of rotatable bonds is 5. The molecule has 0 aliphatic heterocycles. The Hall–Kier alpha value is -2.93. The summed E-state index contributed by atoms with van der Waals surface area (Å²) in [5, 5.41) is 12.0. The van der Waals surface area contributed by atoms with E-state index in [4.69, 9.17) is 0 Å². The molecular weight excluding hydrogens is 329 g/mol. The van der Waals surface area contributed by atoms with E-state index in [1.54, 1.807) is 30.3 Å². The highest BCUT2D eigenvalue weighted by Crippen LogP contribution is 2.23. The van der Waals surface area contributed by atoms with Crippen LogP contribution in [0.4, 0.5) is 4.39 Å². The summed E-state index contributed by atoms with van der Waals surface area (Å²) < 4.78 is 13.5. The largest absolute Gasteiger partial charge is 0.345 e. The predicted molar refractivity (Wildman–Crippen MR) is 88.3 cm³/mol. The smallest absolute Gasteiger partial charge is 0.254 e. The number of nitrogens with one attached hydrogen (secondary N) is 1. The molecular formula is C17H12FN3O2S. The first-order valence-electron chi connectivity index (χ1n) is 7.08. The zero-order valence-corrected chi connectivity index (χ0v) is 13.2. The van der Waals surface area contributed by atoms with Crippen LogP contribution in [0.2, 0.25) is 0 Å². The third-order valence-corrected chi connectivity index (χ3v) is 4.25. The van der Waals surface area contributed by atoms with Gasteiger partial charge >= 0.3 is 0 Å². The van der Waals surface area contributed by atoms with Crippen molar-refractivity contribution in [3.05, 3.63) is 70.5 Å². The van der Waals surface area contributed by atoms with Crippen LogP contribution < -0.4 is 5.32 Å². The summed E-state index contributed by atoms with van der Waals surface area (Å²) in [7, 11) is 0. The molecule has 0 saturated carbocycles. The van der Waals surface area contributed by atoms with Crippen LogP contribution in [0.1, 0.15) is 25.7 Å². The first-order valence-corrected chi connectivity index (χ1v) is 7.90. The second-order valence-corrected chi connectivity index (χ2v) is 5.97. The summed E-state index contributed by atoms with van der Waals surface area (Å²) in [5.74, 6) is -1.07. The molecule has 0 atom stereocenters. The van der Waals surface area contributed by atoms with E-state index in [1.165, 1.54) is 29.5 Å². The Morgan fingerprint density at radius 2 is 1.88 bits per heavy atom. The zero-order chi connectivity index (χ0) is 16.9. The number of aromatic nitrogens is 2. The molecule has 1 amide bonds. The second kappa shape index (κ2) is 7.10. The molecule has 0 aliphatic carbocycles. The van der Waals surface area contributed by atoms with Gasteiger partial charge in [0.05, 0.1) is 12.1 Å². The van der Waals surface area contributed by atoms with Crippen molar-refractivity contribution in [2.24, 2.45) is 0 Å². The maximum Gasteiger partial charge on any atom is 0.254 e. The van der Waals surface area contributed by atoms with Crippen LogP contribution in [0.3, 0.4) is 0 Å². The number of carbonyl (C=O) groups excluding carboxylic acids is 2. The molecule has 0 bridgehead atoms. The molecule has 0 aliphatic rings. The van der Waals surface area contributed by atoms with E-state index in [2.05, 4.69) is 15.5 Å². The van der Waals surface area contributed by atoms with Gasteiger partial charge in [-0.05, 0) is 12.1 Å². The van der Waals surface area contributed by atoms with Gasteiger partial charge in [-0.25, -0.2) is 4.39 Å². The average molecular weight is 341 g/mol. The number of amides is 1. The first kappa shape index (κ1) is 15.9. The van der Waals surface area contributed by atoms with Crippen LogP contribution in [0.15, 0.2) is 48.5 Å². The summed E-state index contributed by atoms with van der Waals surface area (Å²) in [6.07, 6.45) is 0.771. The molecule has 3 aromatic rings. The molecule has 1 N–H and O–H groups in total. The quantitative estimate of drug-likeness (QED) is 0.724. The van der Waals surface area contributed by atoms with Crippen LogP contribution in [-0.4, -0.2) is 22.4 Å². The number of aldehydes is 1. The Labute approximate surface area is 141 Å². The molecule has 1 aromatic heterocycles. The Bertz CT molecular complexity index is 878. The van der Waals surface area contributed by atoms with Gasteiger partial charge in [-0.15, -0.1) is 10.2 Å². The average Bonchev–Trinajstić information content (AvgIpc) is 3.09. The molecule has 0 spiro atoms. The minimum atomic E-state index is -0.566. The lowest BCUT2D eigenvalue weighted by molar-refractivity contribution is 0.0946. The highest BCUT2D eigenvalue weighted by atomic mass is 32.1. The normalized spacial score (nSPS) is 10.4. The van der Waals surface area contributed by atoms with Crippen LogP contribution in [0, 0.1) is 5.82 Å². The summed E-state index contributed by atoms with van der Waals surface area (Å²) in [4.78, 5) is 22.6. The molecule has 2 aromatic carbocycles. The molecule has 3 rings (SSSR count). The number of hydrogen-bond donors (Lipinski definition) is 1. The van der Waals surface area contributed by atoms with Gasteiger partial charge in [0.25, 0.3) is 5.91 Å². The van der Waals surface area contributed by atoms with Crippen LogP contribution in [0.25, 0.3) is 10.6 Å². The lowest BCUT2D eigenvalue weighted by atomic mass is 10.2. The van der Waals surface area contributed by atoms with Crippen LogP contribution >= 0.6 is 11.3 Å². The standard InChI is InChI=1S/C17H12FN3O2S/c18-14-4-2-1-3-13(14)16(23)19-9-15-20-21-17(24-15)12-7-5-11(10-22)6-8-12/h1-8,10H,9H2,(H,19,23). The molecule has 0 fully saturated rings. The molecule has 0 unspecified atom stereocenters. The van der Waals surface area contributed by atoms with E-state index in [1.807, 2.05) is 0 Å². The van der Waals surface area contributed by atoms with Crippen molar-refractivity contribution in [3.63, 3.8) is 0 Å². The Morgan fingerprint density at radius 3 is 2.58 bits per heavy atom. The van der Waals surface area contributed by atoms with Gasteiger partial charge < -0.3 is 5.32 Å². The molecule has 0 saturated heterocycles. The van der Waals surface area contributed by atoms with Crippen molar-refractivity contribution >= 4 is 23.5 Å². The van der Waals surface area contributed by atoms with Gasteiger partial charge in [0.1, 0.15) is 22.1 Å². The fraction of sp³-hybridized carbons (Fsp3) is 0.0588. The van der Waals surface area contributed by atoms with Gasteiger partial charge in [-0.3, -0.25) is 9.59 Å². The third kappa shape index (κ3) is 3.52. The van der Waals surface area contributed by atoms with E-state index < -0.39 is 11.7 Å². The van der Waals surface area contributed by atoms with Crippen molar-refractivity contribution in [2.45, 2.75) is 6.54 Å². The SMILES string of the molecule is O=Cc1ccc(-c2nnc(CNC(=O)c3ccccc3F)s2)cc1. The molecule has 120 valence electrons. The topological polar surface area (TPSA) is 72.0 Å². The summed E-state index contributed by atoms with van der Waals surface area (Å²) in [5.41, 5.74) is 1.41. The van der Waals surface area contributed by atoms with Gasteiger partial charge in [-0.1, -0.05) is 47.7 Å². The molecule has 24 heavy (non-hydrogen) atoms. The summed E-state index contributed by atoms with van der Waals surface area (Å²) in [6.45, 7) is 0.164. The first-order chi connectivity index (χ1) is 11.7. The predicted octanol–water partition coefficient (Wildman–Crippen LogP) is 3.09. The second-order valence-electron chi connectivity index (χ2n) is 4.90. The van der Waals surface area contributed by atoms with Crippen LogP contribution in [-0.2, 0) is 6.54 Å². The van der Waals surface area contributed by atoms with E-state index in [0.29, 0.717) is 15.6 Å². The number of hydrogen-bond acceptors (Lipinski definition) is 5.